The van der Waals surface area contributed by atoms with Crippen LogP contribution >= 0.6 is 0 Å². The molecule has 2 aromatic rings. The van der Waals surface area contributed by atoms with E-state index in [4.69, 9.17) is 0 Å². The van der Waals surface area contributed by atoms with E-state index in [0.717, 1.165) is 38.9 Å². The Hall–Kier alpha value is -2.50. The van der Waals surface area contributed by atoms with E-state index in [1.54, 1.807) is 0 Å². The van der Waals surface area contributed by atoms with Gasteiger partial charge in [0.25, 0.3) is 0 Å². The number of fused-ring (bicyclic) bond motifs is 1. The lowest BCUT2D eigenvalue weighted by Crippen LogP contribution is -2.38. The average molecular weight is 342 g/mol. The van der Waals surface area contributed by atoms with Crippen LogP contribution in [0.4, 0.5) is 4.79 Å². The van der Waals surface area contributed by atoms with Gasteiger partial charge in [-0.05, 0) is 36.8 Å². The highest BCUT2D eigenvalue weighted by Gasteiger charge is 2.17. The van der Waals surface area contributed by atoms with Crippen LogP contribution in [0.3, 0.4) is 0 Å². The highest BCUT2D eigenvalue weighted by molar-refractivity contribution is 5.80. The van der Waals surface area contributed by atoms with Crippen molar-refractivity contribution < 1.29 is 9.59 Å². The monoisotopic (exact) mass is 342 g/mol. The standard InChI is InChI=1S/C19H26N4O2/c24-18(23-12-3-4-13-23)8-11-21-19(25)20-10-5-14-22-15-9-16-6-1-2-7-17(16)22/h1-2,6-7,9,15H,3-5,8,10-14H2,(H2,20,21,25). The van der Waals surface area contributed by atoms with Gasteiger partial charge in [-0.2, -0.15) is 0 Å². The Labute approximate surface area is 148 Å². The van der Waals surface area contributed by atoms with Gasteiger partial charge in [-0.25, -0.2) is 4.79 Å². The molecule has 1 saturated heterocycles. The molecule has 0 bridgehead atoms. The molecule has 1 aromatic carbocycles. The van der Waals surface area contributed by atoms with Gasteiger partial charge in [0.05, 0.1) is 0 Å². The number of rotatable bonds is 7. The van der Waals surface area contributed by atoms with Crippen LogP contribution < -0.4 is 10.6 Å². The molecule has 3 rings (SSSR count). The highest BCUT2D eigenvalue weighted by atomic mass is 16.2. The summed E-state index contributed by atoms with van der Waals surface area (Å²) < 4.78 is 2.20. The Balaban J connectivity index is 1.29. The number of nitrogens with zero attached hydrogens (tertiary/aromatic N) is 2. The van der Waals surface area contributed by atoms with E-state index < -0.39 is 0 Å². The lowest BCUT2D eigenvalue weighted by molar-refractivity contribution is -0.129. The zero-order chi connectivity index (χ0) is 17.5. The van der Waals surface area contributed by atoms with Crippen molar-refractivity contribution in [2.24, 2.45) is 0 Å². The molecule has 0 radical (unpaired) electrons. The highest BCUT2D eigenvalue weighted by Crippen LogP contribution is 2.15. The third kappa shape index (κ3) is 4.75. The van der Waals surface area contributed by atoms with E-state index in [1.807, 2.05) is 17.0 Å². The molecular weight excluding hydrogens is 316 g/mol. The first-order valence-electron chi connectivity index (χ1n) is 9.07. The number of amides is 3. The lowest BCUT2D eigenvalue weighted by atomic mass is 10.2. The van der Waals surface area contributed by atoms with Gasteiger partial charge in [-0.15, -0.1) is 0 Å². The Morgan fingerprint density at radius 1 is 1.00 bits per heavy atom. The van der Waals surface area contributed by atoms with Gasteiger partial charge in [0, 0.05) is 50.9 Å². The normalized spacial score (nSPS) is 14.0. The fraction of sp³-hybridized carbons (Fsp3) is 0.474. The number of hydrogen-bond donors (Lipinski definition) is 2. The number of carbonyl (C=O) groups excluding carboxylic acids is 2. The van der Waals surface area contributed by atoms with Gasteiger partial charge < -0.3 is 20.1 Å². The van der Waals surface area contributed by atoms with Crippen molar-refractivity contribution in [2.45, 2.75) is 32.2 Å². The van der Waals surface area contributed by atoms with Gasteiger partial charge >= 0.3 is 6.03 Å². The molecule has 1 aromatic heterocycles. The number of aryl methyl sites for hydroxylation is 1. The van der Waals surface area contributed by atoms with Crippen molar-refractivity contribution in [1.82, 2.24) is 20.1 Å². The molecule has 2 N–H and O–H groups in total. The summed E-state index contributed by atoms with van der Waals surface area (Å²) in [5.74, 6) is 0.136. The van der Waals surface area contributed by atoms with Crippen molar-refractivity contribution in [3.05, 3.63) is 36.5 Å². The first kappa shape index (κ1) is 17.3. The predicted molar refractivity (Wildman–Crippen MR) is 98.4 cm³/mol. The fourth-order valence-corrected chi connectivity index (χ4v) is 3.26. The van der Waals surface area contributed by atoms with E-state index in [1.165, 1.54) is 10.9 Å². The first-order chi connectivity index (χ1) is 12.2. The Morgan fingerprint density at radius 3 is 2.60 bits per heavy atom. The van der Waals surface area contributed by atoms with Crippen molar-refractivity contribution >= 4 is 22.8 Å². The molecular formula is C19H26N4O2. The largest absolute Gasteiger partial charge is 0.347 e. The van der Waals surface area contributed by atoms with Crippen LogP contribution in [0.2, 0.25) is 0 Å². The van der Waals surface area contributed by atoms with Crippen molar-refractivity contribution in [1.29, 1.82) is 0 Å². The number of hydrogen-bond acceptors (Lipinski definition) is 2. The average Bonchev–Trinajstić information content (AvgIpc) is 3.29. The number of urea groups is 1. The molecule has 0 atom stereocenters. The van der Waals surface area contributed by atoms with Gasteiger partial charge in [-0.1, -0.05) is 18.2 Å². The minimum Gasteiger partial charge on any atom is -0.347 e. The summed E-state index contributed by atoms with van der Waals surface area (Å²) in [6.07, 6.45) is 5.50. The van der Waals surface area contributed by atoms with Crippen molar-refractivity contribution in [3.8, 4) is 0 Å². The molecule has 0 spiro atoms. The third-order valence-corrected chi connectivity index (χ3v) is 4.62. The van der Waals surface area contributed by atoms with E-state index in [-0.39, 0.29) is 11.9 Å². The maximum Gasteiger partial charge on any atom is 0.314 e. The number of nitrogens with one attached hydrogen (secondary N) is 2. The minimum atomic E-state index is -0.202. The quantitative estimate of drug-likeness (QED) is 0.759. The van der Waals surface area contributed by atoms with Crippen molar-refractivity contribution in [2.75, 3.05) is 26.2 Å². The maximum atomic E-state index is 11.9. The van der Waals surface area contributed by atoms with Crippen LogP contribution in [0.1, 0.15) is 25.7 Å². The molecule has 134 valence electrons. The number of carbonyl (C=O) groups is 2. The van der Waals surface area contributed by atoms with Crippen LogP contribution in [0.15, 0.2) is 36.5 Å². The first-order valence-corrected chi connectivity index (χ1v) is 9.07. The molecule has 1 aliphatic rings. The number of benzene rings is 1. The molecule has 0 saturated carbocycles. The van der Waals surface area contributed by atoms with Crippen molar-refractivity contribution in [3.63, 3.8) is 0 Å². The summed E-state index contributed by atoms with van der Waals surface area (Å²) >= 11 is 0. The van der Waals surface area contributed by atoms with Crippen LogP contribution in [-0.4, -0.2) is 47.6 Å². The summed E-state index contributed by atoms with van der Waals surface area (Å²) in [4.78, 5) is 25.5. The van der Waals surface area contributed by atoms with Crippen LogP contribution in [-0.2, 0) is 11.3 Å². The molecule has 2 heterocycles. The summed E-state index contributed by atoms with van der Waals surface area (Å²) in [5, 5.41) is 6.84. The number of para-hydroxylation sites is 1. The van der Waals surface area contributed by atoms with Crippen LogP contribution in [0, 0.1) is 0 Å². The third-order valence-electron chi connectivity index (χ3n) is 4.62. The second-order valence-electron chi connectivity index (χ2n) is 6.44. The maximum absolute atomic E-state index is 11.9. The van der Waals surface area contributed by atoms with Gasteiger partial charge in [0.15, 0.2) is 0 Å². The summed E-state index contributed by atoms with van der Waals surface area (Å²) in [6.45, 7) is 3.58. The second kappa shape index (κ2) is 8.55. The van der Waals surface area contributed by atoms with E-state index >= 15 is 0 Å². The lowest BCUT2D eigenvalue weighted by Gasteiger charge is -2.15. The molecule has 1 fully saturated rings. The molecule has 25 heavy (non-hydrogen) atoms. The molecule has 6 nitrogen and oxygen atoms in total. The van der Waals surface area contributed by atoms with Gasteiger partial charge in [0.1, 0.15) is 0 Å². The van der Waals surface area contributed by atoms with Gasteiger partial charge in [0.2, 0.25) is 5.91 Å². The Morgan fingerprint density at radius 2 is 1.76 bits per heavy atom. The molecule has 6 heteroatoms. The smallest absolute Gasteiger partial charge is 0.314 e. The Bertz CT molecular complexity index is 719. The molecule has 1 aliphatic heterocycles. The van der Waals surface area contributed by atoms with E-state index in [0.29, 0.717) is 19.5 Å². The SMILES string of the molecule is O=C(NCCCn1ccc2ccccc21)NCCC(=O)N1CCCC1. The molecule has 0 unspecified atom stereocenters. The summed E-state index contributed by atoms with van der Waals surface area (Å²) in [6, 6.07) is 10.2. The van der Waals surface area contributed by atoms with Crippen LogP contribution in [0.25, 0.3) is 10.9 Å². The Kier molecular flexibility index (Phi) is 5.93. The summed E-state index contributed by atoms with van der Waals surface area (Å²) in [5.41, 5.74) is 1.22. The second-order valence-corrected chi connectivity index (χ2v) is 6.44. The molecule has 0 aliphatic carbocycles. The topological polar surface area (TPSA) is 66.4 Å². The zero-order valence-electron chi connectivity index (χ0n) is 14.5. The predicted octanol–water partition coefficient (Wildman–Crippen LogP) is 2.34. The number of likely N-dealkylation sites (tertiary alicyclic amines) is 1. The van der Waals surface area contributed by atoms with E-state index in [2.05, 4.69) is 39.6 Å². The zero-order valence-corrected chi connectivity index (χ0v) is 14.5. The summed E-state index contributed by atoms with van der Waals surface area (Å²) in [7, 11) is 0. The van der Waals surface area contributed by atoms with Gasteiger partial charge in [-0.3, -0.25) is 4.79 Å². The van der Waals surface area contributed by atoms with E-state index in [9.17, 15) is 9.59 Å². The fourth-order valence-electron chi connectivity index (χ4n) is 3.26. The van der Waals surface area contributed by atoms with Crippen LogP contribution in [0.5, 0.6) is 0 Å². The number of aromatic nitrogens is 1. The molecule has 3 amide bonds. The minimum absolute atomic E-state index is 0.136.